The average Bonchev–Trinajstić information content (AvgIpc) is 1.88. The minimum absolute atomic E-state index is 0.0917. The molecule has 0 radical (unpaired) electrons. The van der Waals surface area contributed by atoms with Gasteiger partial charge in [-0.25, -0.2) is 4.79 Å². The molecule has 0 aliphatic rings. The molecule has 0 rings (SSSR count). The second kappa shape index (κ2) is 5.01. The number of rotatable bonds is 3. The highest BCUT2D eigenvalue weighted by molar-refractivity contribution is 8.14. The molecule has 0 saturated heterocycles. The summed E-state index contributed by atoms with van der Waals surface area (Å²) in [4.78, 5) is 13.4. The normalized spacial score (nSPS) is 8.18. The molecule has 6 heteroatoms. The number of hydrogen-bond acceptors (Lipinski definition) is 3. The lowest BCUT2D eigenvalue weighted by Gasteiger charge is -1.93. The van der Waals surface area contributed by atoms with Crippen LogP contribution in [0.2, 0.25) is 0 Å². The average molecular weight is 190 g/mol. The van der Waals surface area contributed by atoms with Crippen LogP contribution >= 0.6 is 24.8 Å². The van der Waals surface area contributed by atoms with Gasteiger partial charge in [0.25, 0.3) is 0 Å². The van der Waals surface area contributed by atoms with Gasteiger partial charge in [-0.15, -0.1) is 12.6 Å². The number of hydrogen-bond donors (Lipinski definition) is 1. The number of carbonyl (C=O) groups excluding carboxylic acids is 1. The van der Waals surface area contributed by atoms with Crippen LogP contribution in [0.3, 0.4) is 0 Å². The number of carbonyl (C=O) groups is 1. The lowest BCUT2D eigenvalue weighted by atomic mass is 10.4. The van der Waals surface area contributed by atoms with Crippen molar-refractivity contribution in [2.24, 2.45) is 0 Å². The van der Waals surface area contributed by atoms with E-state index in [0.717, 1.165) is 0 Å². The van der Waals surface area contributed by atoms with Crippen LogP contribution in [0, 0.1) is 0 Å². The van der Waals surface area contributed by atoms with E-state index in [9.17, 15) is 4.79 Å². The Hall–Kier alpha value is -0.710. The molecule has 0 spiro atoms. The molecule has 0 amide bonds. The first-order chi connectivity index (χ1) is 5.13. The fourth-order valence-electron chi connectivity index (χ4n) is 0.370. The van der Waals surface area contributed by atoms with E-state index < -0.39 is 5.97 Å². The van der Waals surface area contributed by atoms with Gasteiger partial charge in [0.2, 0.25) is 0 Å². The minimum Gasteiger partial charge on any atom is -0.457 e. The van der Waals surface area contributed by atoms with Gasteiger partial charge in [-0.1, -0.05) is 12.2 Å². The Morgan fingerprint density at radius 3 is 2.64 bits per heavy atom. The molecule has 11 heavy (non-hydrogen) atoms. The van der Waals surface area contributed by atoms with E-state index in [1.165, 1.54) is 0 Å². The Kier molecular flexibility index (Phi) is 4.69. The molecule has 60 valence electrons. The SMILES string of the molecule is CCOC(=O)C(=[N+]=[N-])C(=S)S. The molecule has 4 nitrogen and oxygen atoms in total. The summed E-state index contributed by atoms with van der Waals surface area (Å²) in [7, 11) is 0. The van der Waals surface area contributed by atoms with Gasteiger partial charge in [-0.05, 0) is 6.92 Å². The Bertz CT molecular complexity index is 233. The van der Waals surface area contributed by atoms with E-state index in [-0.39, 0.29) is 16.5 Å². The Morgan fingerprint density at radius 1 is 1.82 bits per heavy atom. The van der Waals surface area contributed by atoms with Gasteiger partial charge in [0, 0.05) is 0 Å². The summed E-state index contributed by atoms with van der Waals surface area (Å²) in [5.74, 6) is -0.769. The lowest BCUT2D eigenvalue weighted by Crippen LogP contribution is -2.22. The molecule has 0 heterocycles. The third-order valence-electron chi connectivity index (χ3n) is 0.771. The standard InChI is InChI=1S/C5H6N2O2S2/c1-2-9-4(8)3(7-6)5(10)11/h2H2,1H3,(H,10,11). The maximum absolute atomic E-state index is 10.8. The van der Waals surface area contributed by atoms with Gasteiger partial charge in [0.05, 0.1) is 6.61 Å². The molecule has 0 aromatic rings. The summed E-state index contributed by atoms with van der Waals surface area (Å²) in [5, 5.41) is 0. The first-order valence-corrected chi connectivity index (χ1v) is 3.61. The monoisotopic (exact) mass is 190 g/mol. The number of esters is 1. The Morgan fingerprint density at radius 2 is 2.36 bits per heavy atom. The van der Waals surface area contributed by atoms with Gasteiger partial charge >= 0.3 is 11.7 Å². The van der Waals surface area contributed by atoms with E-state index >= 15 is 0 Å². The fourth-order valence-corrected chi connectivity index (χ4v) is 0.631. The van der Waals surface area contributed by atoms with E-state index in [2.05, 4.69) is 34.4 Å². The third kappa shape index (κ3) is 3.27. The number of thiol groups is 1. The second-order valence-corrected chi connectivity index (χ2v) is 2.63. The topological polar surface area (TPSA) is 62.7 Å². The molecular weight excluding hydrogens is 184 g/mol. The van der Waals surface area contributed by atoms with Crippen molar-refractivity contribution in [2.45, 2.75) is 6.92 Å². The van der Waals surface area contributed by atoms with Crippen LogP contribution in [0.25, 0.3) is 5.53 Å². The van der Waals surface area contributed by atoms with Crippen molar-refractivity contribution < 1.29 is 14.3 Å². The van der Waals surface area contributed by atoms with Crippen molar-refractivity contribution in [3.63, 3.8) is 0 Å². The van der Waals surface area contributed by atoms with Crippen LogP contribution in [0.1, 0.15) is 6.92 Å². The first kappa shape index (κ1) is 10.3. The molecule has 0 saturated carbocycles. The van der Waals surface area contributed by atoms with Gasteiger partial charge in [-0.2, -0.15) is 4.79 Å². The van der Waals surface area contributed by atoms with Crippen LogP contribution in [-0.4, -0.2) is 27.3 Å². The summed E-state index contributed by atoms with van der Waals surface area (Å²) in [5.41, 5.74) is 7.90. The van der Waals surface area contributed by atoms with Crippen molar-refractivity contribution in [1.29, 1.82) is 0 Å². The quantitative estimate of drug-likeness (QED) is 0.176. The van der Waals surface area contributed by atoms with E-state index in [4.69, 9.17) is 5.53 Å². The molecular formula is C5H6N2O2S2. The van der Waals surface area contributed by atoms with Crippen molar-refractivity contribution in [1.82, 2.24) is 0 Å². The fraction of sp³-hybridized carbons (Fsp3) is 0.400. The number of nitrogens with zero attached hydrogens (tertiary/aromatic N) is 2. The smallest absolute Gasteiger partial charge is 0.423 e. The van der Waals surface area contributed by atoms with E-state index in [1.807, 2.05) is 0 Å². The van der Waals surface area contributed by atoms with Crippen LogP contribution in [0.15, 0.2) is 0 Å². The predicted octanol–water partition coefficient (Wildman–Crippen LogP) is 0.477. The summed E-state index contributed by atoms with van der Waals surface area (Å²) in [6.07, 6.45) is 0. The lowest BCUT2D eigenvalue weighted by molar-refractivity contribution is -0.139. The first-order valence-electron chi connectivity index (χ1n) is 2.76. The molecule has 0 N–H and O–H groups in total. The molecule has 0 fully saturated rings. The summed E-state index contributed by atoms with van der Waals surface area (Å²) < 4.78 is 4.40. The van der Waals surface area contributed by atoms with Gasteiger partial charge in [-0.3, -0.25) is 0 Å². The van der Waals surface area contributed by atoms with E-state index in [1.54, 1.807) is 6.92 Å². The zero-order valence-corrected chi connectivity index (χ0v) is 7.48. The van der Waals surface area contributed by atoms with Gasteiger partial charge < -0.3 is 10.3 Å². The maximum atomic E-state index is 10.8. The highest BCUT2D eigenvalue weighted by atomic mass is 32.1. The third-order valence-corrected chi connectivity index (χ3v) is 1.18. The van der Waals surface area contributed by atoms with Crippen LogP contribution in [0.4, 0.5) is 0 Å². The van der Waals surface area contributed by atoms with Crippen LogP contribution in [0.5, 0.6) is 0 Å². The van der Waals surface area contributed by atoms with Gasteiger partial charge in [0.15, 0.2) is 4.20 Å². The second-order valence-electron chi connectivity index (χ2n) is 1.47. The largest absolute Gasteiger partial charge is 0.457 e. The maximum Gasteiger partial charge on any atom is 0.423 e. The van der Waals surface area contributed by atoms with Crippen molar-refractivity contribution >= 4 is 40.7 Å². The van der Waals surface area contributed by atoms with Crippen LogP contribution < -0.4 is 0 Å². The number of thiocarbonyl (C=S) groups is 1. The van der Waals surface area contributed by atoms with Crippen molar-refractivity contribution in [3.8, 4) is 0 Å². The summed E-state index contributed by atoms with van der Waals surface area (Å²) >= 11 is 8.12. The summed E-state index contributed by atoms with van der Waals surface area (Å²) in [6.45, 7) is 1.84. The molecule has 0 bridgehead atoms. The minimum atomic E-state index is -0.769. The predicted molar refractivity (Wildman–Crippen MR) is 46.8 cm³/mol. The molecule has 0 aromatic carbocycles. The highest BCUT2D eigenvalue weighted by Gasteiger charge is 2.24. The van der Waals surface area contributed by atoms with E-state index in [0.29, 0.717) is 0 Å². The zero-order chi connectivity index (χ0) is 8.85. The number of ether oxygens (including phenoxy) is 1. The molecule has 0 aliphatic heterocycles. The Balaban J connectivity index is 4.42. The Labute approximate surface area is 74.6 Å². The molecule has 0 aliphatic carbocycles. The van der Waals surface area contributed by atoms with Crippen molar-refractivity contribution in [2.75, 3.05) is 6.61 Å². The van der Waals surface area contributed by atoms with Crippen LogP contribution in [-0.2, 0) is 9.53 Å². The molecule has 0 unspecified atom stereocenters. The summed E-state index contributed by atoms with van der Waals surface area (Å²) in [6, 6.07) is 0. The zero-order valence-electron chi connectivity index (χ0n) is 5.77. The highest BCUT2D eigenvalue weighted by Crippen LogP contribution is 1.90. The molecule has 0 aromatic heterocycles. The molecule has 0 atom stereocenters. The van der Waals surface area contributed by atoms with Gasteiger partial charge in [0.1, 0.15) is 0 Å². The van der Waals surface area contributed by atoms with Crippen molar-refractivity contribution in [3.05, 3.63) is 5.53 Å².